The number of hydrogen-bond acceptors (Lipinski definition) is 4. The van der Waals surface area contributed by atoms with Crippen LogP contribution in [0.4, 0.5) is 0 Å². The molecule has 7 heteroatoms. The van der Waals surface area contributed by atoms with Gasteiger partial charge in [0.2, 0.25) is 0 Å². The molecule has 5 heterocycles. The first-order valence-corrected chi connectivity index (χ1v) is 24.4. The minimum Gasteiger partial charge on any atom is -0.309 e. The second kappa shape index (κ2) is 15.2. The van der Waals surface area contributed by atoms with E-state index in [0.29, 0.717) is 17.5 Å². The van der Waals surface area contributed by atoms with E-state index in [1.807, 2.05) is 36.4 Å². The molecule has 0 aliphatic carbocycles. The standard InChI is InChI=1S/C63H38N6S/c1-4-18-39(19-5-1)61-64-62(40-20-6-2-7-21-40)66-63(65-61)47-33-35-55(59-46-27-13-17-31-58(46)70-60(47)59)69-54-34-32-42(68-51-28-14-10-24-43(51)44-25-11-15-29-52(44)68)36-48(54)50-37-49-45-26-12-16-30-53(45)67(56(49)38-57(50)69)41-22-8-3-9-23-41/h1-38H. The molecule has 15 aromatic rings. The van der Waals surface area contributed by atoms with E-state index in [4.69, 9.17) is 15.0 Å². The molecule has 0 atom stereocenters. The van der Waals surface area contributed by atoms with Crippen molar-refractivity contribution >= 4 is 96.9 Å². The van der Waals surface area contributed by atoms with Crippen LogP contribution in [-0.2, 0) is 0 Å². The van der Waals surface area contributed by atoms with E-state index < -0.39 is 0 Å². The summed E-state index contributed by atoms with van der Waals surface area (Å²) in [6.07, 6.45) is 0. The van der Waals surface area contributed by atoms with Crippen molar-refractivity contribution in [2.24, 2.45) is 0 Å². The molecule has 0 amide bonds. The van der Waals surface area contributed by atoms with Gasteiger partial charge in [-0.25, -0.2) is 15.0 Å². The normalized spacial score (nSPS) is 12.0. The molecule has 326 valence electrons. The van der Waals surface area contributed by atoms with E-state index in [1.54, 1.807) is 11.3 Å². The highest BCUT2D eigenvalue weighted by atomic mass is 32.1. The Balaban J connectivity index is 1.06. The van der Waals surface area contributed by atoms with Crippen molar-refractivity contribution in [3.63, 3.8) is 0 Å². The lowest BCUT2D eigenvalue weighted by molar-refractivity contribution is 1.08. The third-order valence-electron chi connectivity index (χ3n) is 14.1. The molecule has 0 bridgehead atoms. The maximum atomic E-state index is 5.26. The minimum atomic E-state index is 0.641. The van der Waals surface area contributed by atoms with Gasteiger partial charge in [0.15, 0.2) is 17.5 Å². The molecule has 15 rings (SSSR count). The predicted octanol–water partition coefficient (Wildman–Crippen LogP) is 16.5. The molecular formula is C63H38N6S. The highest BCUT2D eigenvalue weighted by molar-refractivity contribution is 7.26. The van der Waals surface area contributed by atoms with Crippen LogP contribution in [-0.4, -0.2) is 28.7 Å². The Kier molecular flexibility index (Phi) is 8.43. The second-order valence-corrected chi connectivity index (χ2v) is 19.0. The van der Waals surface area contributed by atoms with Gasteiger partial charge in [-0.05, 0) is 78.9 Å². The quantitative estimate of drug-likeness (QED) is 0.167. The zero-order valence-corrected chi connectivity index (χ0v) is 38.3. The van der Waals surface area contributed by atoms with Crippen molar-refractivity contribution < 1.29 is 0 Å². The molecule has 0 N–H and O–H groups in total. The number of thiophene rings is 1. The fraction of sp³-hybridized carbons (Fsp3) is 0. The van der Waals surface area contributed by atoms with Crippen LogP contribution in [0.2, 0.25) is 0 Å². The molecule has 0 radical (unpaired) electrons. The van der Waals surface area contributed by atoms with Gasteiger partial charge < -0.3 is 13.7 Å². The van der Waals surface area contributed by atoms with Crippen LogP contribution in [0.3, 0.4) is 0 Å². The summed E-state index contributed by atoms with van der Waals surface area (Å²) in [5.74, 6) is 1.92. The lowest BCUT2D eigenvalue weighted by Crippen LogP contribution is -2.01. The Labute approximate surface area is 405 Å². The number of fused-ring (bicyclic) bond motifs is 12. The minimum absolute atomic E-state index is 0.641. The molecular weight excluding hydrogens is 873 g/mol. The molecule has 0 aliphatic rings. The first-order chi connectivity index (χ1) is 34.7. The lowest BCUT2D eigenvalue weighted by atomic mass is 10.1. The third-order valence-corrected chi connectivity index (χ3v) is 15.3. The highest BCUT2D eigenvalue weighted by Gasteiger charge is 2.24. The van der Waals surface area contributed by atoms with Crippen molar-refractivity contribution in [1.29, 1.82) is 0 Å². The first kappa shape index (κ1) is 38.9. The molecule has 0 fully saturated rings. The molecule has 70 heavy (non-hydrogen) atoms. The molecule has 10 aromatic carbocycles. The first-order valence-electron chi connectivity index (χ1n) is 23.6. The molecule has 0 saturated heterocycles. The molecule has 0 spiro atoms. The highest BCUT2D eigenvalue weighted by Crippen LogP contribution is 2.47. The van der Waals surface area contributed by atoms with Crippen LogP contribution in [0.25, 0.3) is 137 Å². The van der Waals surface area contributed by atoms with Gasteiger partial charge in [-0.2, -0.15) is 0 Å². The van der Waals surface area contributed by atoms with E-state index in [1.165, 1.54) is 59.0 Å². The largest absolute Gasteiger partial charge is 0.309 e. The summed E-state index contributed by atoms with van der Waals surface area (Å²) in [7, 11) is 0. The summed E-state index contributed by atoms with van der Waals surface area (Å²) in [6, 6.07) is 82.7. The van der Waals surface area contributed by atoms with Crippen molar-refractivity contribution in [1.82, 2.24) is 28.7 Å². The number of benzene rings is 10. The summed E-state index contributed by atoms with van der Waals surface area (Å²) >= 11 is 1.80. The Hall–Kier alpha value is -9.17. The SMILES string of the molecule is c1ccc(-c2nc(-c3ccccc3)nc(-c3ccc(-n4c5ccc(-n6c7ccccc7c7ccccc76)cc5c5cc6c7ccccc7n(-c7ccccc7)c6cc54)c4c3sc3ccccc34)n2)cc1. The van der Waals surface area contributed by atoms with Crippen molar-refractivity contribution in [3.8, 4) is 51.2 Å². The Morgan fingerprint density at radius 1 is 0.300 bits per heavy atom. The van der Waals surface area contributed by atoms with Crippen LogP contribution in [0.5, 0.6) is 0 Å². The number of hydrogen-bond donors (Lipinski definition) is 0. The summed E-state index contributed by atoms with van der Waals surface area (Å²) in [6.45, 7) is 0. The van der Waals surface area contributed by atoms with Crippen LogP contribution in [0, 0.1) is 0 Å². The zero-order chi connectivity index (χ0) is 45.9. The Morgan fingerprint density at radius 2 is 0.771 bits per heavy atom. The van der Waals surface area contributed by atoms with Gasteiger partial charge in [-0.1, -0.05) is 152 Å². The third kappa shape index (κ3) is 5.76. The summed E-state index contributed by atoms with van der Waals surface area (Å²) < 4.78 is 9.68. The zero-order valence-electron chi connectivity index (χ0n) is 37.5. The maximum absolute atomic E-state index is 5.26. The van der Waals surface area contributed by atoms with Gasteiger partial charge in [0.25, 0.3) is 0 Å². The number of nitrogens with zero attached hydrogens (tertiary/aromatic N) is 6. The van der Waals surface area contributed by atoms with Gasteiger partial charge in [0.1, 0.15) is 0 Å². The van der Waals surface area contributed by atoms with E-state index in [9.17, 15) is 0 Å². The van der Waals surface area contributed by atoms with Gasteiger partial charge >= 0.3 is 0 Å². The average Bonchev–Trinajstić information content (AvgIpc) is 4.17. The Bertz CT molecular complexity index is 4470. The number of para-hydroxylation sites is 4. The molecule has 6 nitrogen and oxygen atoms in total. The van der Waals surface area contributed by atoms with Gasteiger partial charge in [0, 0.05) is 80.6 Å². The fourth-order valence-electron chi connectivity index (χ4n) is 11.0. The molecule has 0 unspecified atom stereocenters. The second-order valence-electron chi connectivity index (χ2n) is 18.0. The van der Waals surface area contributed by atoms with E-state index >= 15 is 0 Å². The smallest absolute Gasteiger partial charge is 0.165 e. The van der Waals surface area contributed by atoms with Crippen LogP contribution >= 0.6 is 11.3 Å². The van der Waals surface area contributed by atoms with E-state index in [-0.39, 0.29) is 0 Å². The topological polar surface area (TPSA) is 53.5 Å². The van der Waals surface area contributed by atoms with Crippen LogP contribution in [0.1, 0.15) is 0 Å². The van der Waals surface area contributed by atoms with Crippen molar-refractivity contribution in [2.75, 3.05) is 0 Å². The Morgan fingerprint density at radius 3 is 1.41 bits per heavy atom. The summed E-state index contributed by atoms with van der Waals surface area (Å²) in [4.78, 5) is 15.6. The molecule has 0 aliphatic heterocycles. The van der Waals surface area contributed by atoms with Crippen molar-refractivity contribution in [2.45, 2.75) is 0 Å². The van der Waals surface area contributed by atoms with Gasteiger partial charge in [-0.15, -0.1) is 11.3 Å². The summed E-state index contributed by atoms with van der Waals surface area (Å²) in [5, 5.41) is 9.65. The fourth-order valence-corrected chi connectivity index (χ4v) is 12.3. The summed E-state index contributed by atoms with van der Waals surface area (Å²) in [5.41, 5.74) is 13.2. The predicted molar refractivity (Wildman–Crippen MR) is 292 cm³/mol. The maximum Gasteiger partial charge on any atom is 0.165 e. The van der Waals surface area contributed by atoms with E-state index in [0.717, 1.165) is 60.4 Å². The van der Waals surface area contributed by atoms with Crippen LogP contribution < -0.4 is 0 Å². The van der Waals surface area contributed by atoms with Crippen LogP contribution in [0.15, 0.2) is 231 Å². The molecule has 0 saturated carbocycles. The average molecular weight is 911 g/mol. The monoisotopic (exact) mass is 910 g/mol. The van der Waals surface area contributed by atoms with E-state index in [2.05, 4.69) is 208 Å². The molecule has 5 aromatic heterocycles. The number of rotatable bonds is 6. The van der Waals surface area contributed by atoms with Gasteiger partial charge in [-0.3, -0.25) is 0 Å². The van der Waals surface area contributed by atoms with Crippen molar-refractivity contribution in [3.05, 3.63) is 231 Å². The lowest BCUT2D eigenvalue weighted by Gasteiger charge is -2.14. The van der Waals surface area contributed by atoms with Gasteiger partial charge in [0.05, 0.1) is 38.8 Å². The number of aromatic nitrogens is 6.